The predicted octanol–water partition coefficient (Wildman–Crippen LogP) is 5.91. The number of carboxylic acids is 1. The van der Waals surface area contributed by atoms with Crippen molar-refractivity contribution in [2.45, 2.75) is 58.7 Å². The van der Waals surface area contributed by atoms with E-state index in [1.807, 2.05) is 38.4 Å². The second-order valence-electron chi connectivity index (χ2n) is 11.2. The molecule has 0 saturated carbocycles. The normalized spacial score (nSPS) is 16.3. The Morgan fingerprint density at radius 1 is 1.15 bits per heavy atom. The van der Waals surface area contributed by atoms with Gasteiger partial charge in [-0.15, -0.1) is 5.10 Å². The molecule has 8 nitrogen and oxygen atoms in total. The van der Waals surface area contributed by atoms with Crippen molar-refractivity contribution in [2.24, 2.45) is 7.05 Å². The summed E-state index contributed by atoms with van der Waals surface area (Å²) in [6.07, 6.45) is 2.81. The molecule has 0 fully saturated rings. The number of hydrogen-bond acceptors (Lipinski definition) is 6. The fourth-order valence-electron chi connectivity index (χ4n) is 6.05. The molecule has 1 aliphatic rings. The van der Waals surface area contributed by atoms with Gasteiger partial charge in [0.15, 0.2) is 0 Å². The lowest BCUT2D eigenvalue weighted by Gasteiger charge is -2.25. The molecule has 8 heteroatoms. The number of aryl methyl sites for hydroxylation is 3. The minimum atomic E-state index is -0.830. The first kappa shape index (κ1) is 26.9. The number of carboxylic acid groups (broad SMARTS) is 1. The highest BCUT2D eigenvalue weighted by Gasteiger charge is 2.25. The van der Waals surface area contributed by atoms with Crippen LogP contribution in [0.4, 0.5) is 0 Å². The van der Waals surface area contributed by atoms with Crippen LogP contribution in [0, 0.1) is 13.8 Å². The summed E-state index contributed by atoms with van der Waals surface area (Å²) in [5.41, 5.74) is 9.15. The second-order valence-corrected chi connectivity index (χ2v) is 11.2. The van der Waals surface area contributed by atoms with Gasteiger partial charge in [0.2, 0.25) is 0 Å². The Bertz CT molecular complexity index is 1760. The summed E-state index contributed by atoms with van der Waals surface area (Å²) in [5.74, 6) is -0.197. The van der Waals surface area contributed by atoms with E-state index in [-0.39, 0.29) is 18.4 Å². The van der Waals surface area contributed by atoms with E-state index in [1.54, 1.807) is 4.68 Å². The van der Waals surface area contributed by atoms with Crippen molar-refractivity contribution >= 4 is 27.9 Å². The summed E-state index contributed by atoms with van der Waals surface area (Å²) in [5, 5.41) is 19.5. The molecule has 41 heavy (non-hydrogen) atoms. The number of carbonyl (C=O) groups is 1. The van der Waals surface area contributed by atoms with Crippen LogP contribution < -0.4 is 4.74 Å². The number of pyridine rings is 1. The minimum absolute atomic E-state index is 0.00196. The van der Waals surface area contributed by atoms with Crippen molar-refractivity contribution in [3.63, 3.8) is 0 Å². The van der Waals surface area contributed by atoms with Gasteiger partial charge in [0.1, 0.15) is 17.4 Å². The Morgan fingerprint density at radius 2 is 2.00 bits per heavy atom. The van der Waals surface area contributed by atoms with Crippen molar-refractivity contribution in [1.29, 1.82) is 0 Å². The molecular weight excluding hydrogens is 514 g/mol. The van der Waals surface area contributed by atoms with Crippen molar-refractivity contribution in [3.8, 4) is 5.75 Å². The zero-order valence-electron chi connectivity index (χ0n) is 24.0. The lowest BCUT2D eigenvalue weighted by Crippen LogP contribution is -2.32. The van der Waals surface area contributed by atoms with E-state index in [9.17, 15) is 9.90 Å². The van der Waals surface area contributed by atoms with Gasteiger partial charge >= 0.3 is 5.97 Å². The summed E-state index contributed by atoms with van der Waals surface area (Å²) >= 11 is 0. The van der Waals surface area contributed by atoms with Crippen LogP contribution in [0.15, 0.2) is 60.8 Å². The molecular formula is C33H35N5O3. The van der Waals surface area contributed by atoms with E-state index in [0.717, 1.165) is 76.0 Å². The Hall–Kier alpha value is -4.30. The van der Waals surface area contributed by atoms with E-state index in [2.05, 4.69) is 70.4 Å². The fraction of sp³-hybridized carbons (Fsp3) is 0.333. The van der Waals surface area contributed by atoms with Crippen LogP contribution in [-0.2, 0) is 24.9 Å². The molecule has 1 aliphatic heterocycles. The average molecular weight is 550 g/mol. The lowest BCUT2D eigenvalue weighted by atomic mass is 9.84. The molecule has 0 radical (unpaired) electrons. The van der Waals surface area contributed by atoms with Crippen LogP contribution in [-0.4, -0.2) is 48.6 Å². The zero-order chi connectivity index (χ0) is 28.7. The van der Waals surface area contributed by atoms with Crippen LogP contribution in [0.5, 0.6) is 5.75 Å². The Kier molecular flexibility index (Phi) is 7.17. The first-order valence-corrected chi connectivity index (χ1v) is 14.2. The molecule has 1 N–H and O–H groups in total. The van der Waals surface area contributed by atoms with Crippen LogP contribution in [0.2, 0.25) is 0 Å². The molecule has 2 aromatic heterocycles. The number of rotatable bonds is 7. The largest absolute Gasteiger partial charge is 0.489 e. The van der Waals surface area contributed by atoms with E-state index < -0.39 is 5.97 Å². The quantitative estimate of drug-likeness (QED) is 0.270. The third-order valence-electron chi connectivity index (χ3n) is 8.39. The Balaban J connectivity index is 1.35. The monoisotopic (exact) mass is 549 g/mol. The predicted molar refractivity (Wildman–Crippen MR) is 159 cm³/mol. The molecule has 6 rings (SSSR count). The highest BCUT2D eigenvalue weighted by molar-refractivity contribution is 5.81. The molecule has 0 spiro atoms. The average Bonchev–Trinajstić information content (AvgIpc) is 3.25. The lowest BCUT2D eigenvalue weighted by molar-refractivity contribution is -0.137. The van der Waals surface area contributed by atoms with E-state index in [0.29, 0.717) is 0 Å². The summed E-state index contributed by atoms with van der Waals surface area (Å²) < 4.78 is 8.22. The van der Waals surface area contributed by atoms with Gasteiger partial charge in [-0.25, -0.2) is 4.68 Å². The number of hydrogen-bond donors (Lipinski definition) is 1. The van der Waals surface area contributed by atoms with Gasteiger partial charge in [-0.05, 0) is 72.4 Å². The highest BCUT2D eigenvalue weighted by Crippen LogP contribution is 2.35. The molecule has 0 saturated heterocycles. The van der Waals surface area contributed by atoms with E-state index in [4.69, 9.17) is 4.74 Å². The van der Waals surface area contributed by atoms with Gasteiger partial charge in [0.05, 0.1) is 17.5 Å². The maximum absolute atomic E-state index is 12.1. The Morgan fingerprint density at radius 3 is 2.80 bits per heavy atom. The minimum Gasteiger partial charge on any atom is -0.489 e. The Labute approximate surface area is 239 Å². The van der Waals surface area contributed by atoms with Gasteiger partial charge in [-0.3, -0.25) is 14.7 Å². The SMILES string of the molecule is CC[C@@H]1CN(Cc2cc(C(CC(=O)O)c3ccc4c(nnn4C)c3C)ccc2C)Cc2cc3ncccc3cc2O1. The standard InChI is InChI=1S/C33H35N5O3/c1-5-26-19-38(18-25-14-29-23(7-6-12-34-29)15-31(25)41-26)17-24-13-22(9-8-20(24)2)28(16-32(39)40)27-10-11-30-33(21(27)3)35-36-37(30)4/h6-15,26,28H,5,16-19H2,1-4H3,(H,39,40)/t26-,28?/m1/s1. The topological polar surface area (TPSA) is 93.4 Å². The number of aliphatic carboxylic acids is 1. The maximum Gasteiger partial charge on any atom is 0.304 e. The van der Waals surface area contributed by atoms with Crippen LogP contribution in [0.25, 0.3) is 21.9 Å². The number of ether oxygens (including phenoxy) is 1. The van der Waals surface area contributed by atoms with Gasteiger partial charge < -0.3 is 9.84 Å². The third-order valence-corrected chi connectivity index (χ3v) is 8.39. The summed E-state index contributed by atoms with van der Waals surface area (Å²) in [6.45, 7) is 8.59. The summed E-state index contributed by atoms with van der Waals surface area (Å²) in [7, 11) is 1.86. The molecule has 0 aliphatic carbocycles. The first-order chi connectivity index (χ1) is 19.8. The number of benzene rings is 3. The smallest absolute Gasteiger partial charge is 0.304 e. The molecule has 3 aromatic carbocycles. The van der Waals surface area contributed by atoms with E-state index >= 15 is 0 Å². The van der Waals surface area contributed by atoms with Gasteiger partial charge in [-0.1, -0.05) is 42.5 Å². The van der Waals surface area contributed by atoms with Gasteiger partial charge in [0, 0.05) is 49.7 Å². The summed E-state index contributed by atoms with van der Waals surface area (Å²) in [4.78, 5) is 19.1. The second kappa shape index (κ2) is 10.9. The van der Waals surface area contributed by atoms with Crippen molar-refractivity contribution in [1.82, 2.24) is 24.9 Å². The molecule has 3 heterocycles. The molecule has 0 bridgehead atoms. The third kappa shape index (κ3) is 5.27. The van der Waals surface area contributed by atoms with Crippen LogP contribution >= 0.6 is 0 Å². The first-order valence-electron chi connectivity index (χ1n) is 14.2. The molecule has 210 valence electrons. The fourth-order valence-corrected chi connectivity index (χ4v) is 6.05. The molecule has 0 amide bonds. The molecule has 2 atom stereocenters. The molecule has 5 aromatic rings. The van der Waals surface area contributed by atoms with E-state index in [1.165, 1.54) is 11.1 Å². The van der Waals surface area contributed by atoms with Gasteiger partial charge in [-0.2, -0.15) is 0 Å². The van der Waals surface area contributed by atoms with Crippen molar-refractivity contribution < 1.29 is 14.6 Å². The van der Waals surface area contributed by atoms with Crippen LogP contribution in [0.3, 0.4) is 0 Å². The number of aromatic nitrogens is 4. The van der Waals surface area contributed by atoms with Gasteiger partial charge in [0.25, 0.3) is 0 Å². The maximum atomic E-state index is 12.1. The summed E-state index contributed by atoms with van der Waals surface area (Å²) in [6, 6.07) is 18.7. The van der Waals surface area contributed by atoms with Crippen LogP contribution in [0.1, 0.15) is 59.1 Å². The number of nitrogens with zero attached hydrogens (tertiary/aromatic N) is 5. The van der Waals surface area contributed by atoms with Crippen molar-refractivity contribution in [2.75, 3.05) is 6.54 Å². The number of fused-ring (bicyclic) bond motifs is 3. The highest BCUT2D eigenvalue weighted by atomic mass is 16.5. The van der Waals surface area contributed by atoms with Crippen molar-refractivity contribution in [3.05, 3.63) is 94.2 Å². The zero-order valence-corrected chi connectivity index (χ0v) is 24.0. The molecule has 1 unspecified atom stereocenters.